The van der Waals surface area contributed by atoms with Crippen LogP contribution in [-0.4, -0.2) is 76.2 Å². The summed E-state index contributed by atoms with van der Waals surface area (Å²) in [5, 5.41) is 26.8. The lowest BCUT2D eigenvalue weighted by molar-refractivity contribution is -0.842. The van der Waals surface area contributed by atoms with E-state index in [1.54, 1.807) is 10.7 Å². The summed E-state index contributed by atoms with van der Waals surface area (Å²) in [5.74, 6) is 0.201. The number of benzene rings is 1. The molecule has 2 aliphatic heterocycles. The summed E-state index contributed by atoms with van der Waals surface area (Å²) < 4.78 is 81.6. The molecule has 1 aromatic carbocycles. The molecule has 2 N–H and O–H groups in total. The minimum atomic E-state index is -4.49. The first-order valence-electron chi connectivity index (χ1n) is 14.7. The van der Waals surface area contributed by atoms with Crippen LogP contribution in [-0.2, 0) is 42.3 Å². The highest BCUT2D eigenvalue weighted by Gasteiger charge is 2.33. The Kier molecular flexibility index (Phi) is 8.78. The summed E-state index contributed by atoms with van der Waals surface area (Å²) in [7, 11) is -3.51. The maximum atomic E-state index is 13.7. The lowest BCUT2D eigenvalue weighted by Crippen LogP contribution is -2.40. The van der Waals surface area contributed by atoms with Crippen molar-refractivity contribution < 1.29 is 41.1 Å². The van der Waals surface area contributed by atoms with Crippen LogP contribution >= 0.6 is 11.3 Å². The second-order valence-electron chi connectivity index (χ2n) is 11.8. The molecule has 5 heterocycles. The number of aliphatic hydroxyl groups is 2. The van der Waals surface area contributed by atoms with Crippen LogP contribution in [0.15, 0.2) is 42.7 Å². The Morgan fingerprint density at radius 3 is 2.47 bits per heavy atom. The van der Waals surface area contributed by atoms with Crippen molar-refractivity contribution in [3.63, 3.8) is 0 Å². The van der Waals surface area contributed by atoms with E-state index in [4.69, 9.17) is 0 Å². The largest absolute Gasteiger partial charge is 0.416 e. The molecule has 0 bridgehead atoms. The van der Waals surface area contributed by atoms with Gasteiger partial charge in [0, 0.05) is 64.0 Å². The fourth-order valence-corrected chi connectivity index (χ4v) is 8.51. The van der Waals surface area contributed by atoms with Gasteiger partial charge in [-0.15, -0.1) is 11.3 Å². The molecule has 0 saturated carbocycles. The average molecular weight is 669 g/mol. The van der Waals surface area contributed by atoms with Crippen molar-refractivity contribution in [2.75, 3.05) is 32.4 Å². The zero-order chi connectivity index (χ0) is 32.1. The zero-order valence-electron chi connectivity index (χ0n) is 24.5. The second kappa shape index (κ2) is 12.3. The maximum absolute atomic E-state index is 13.7. The van der Waals surface area contributed by atoms with Crippen LogP contribution in [0.4, 0.5) is 17.7 Å². The molecule has 0 radical (unpaired) electrons. The number of hydrogen-bond acceptors (Lipinski definition) is 7. The van der Waals surface area contributed by atoms with Crippen LogP contribution in [0.5, 0.6) is 0 Å². The molecule has 0 spiro atoms. The SMILES string of the molecule is CS(=O)(=O)N1CCc2c(c(-c3ccc(C(F)(F)F)cc3)nn2CC(O)CN2CCC(c3c(CO)sc4c[n+](F)ccc34)CC2)C1. The summed E-state index contributed by atoms with van der Waals surface area (Å²) in [4.78, 5) is 3.53. The molecule has 0 amide bonds. The molecule has 9 nitrogen and oxygen atoms in total. The van der Waals surface area contributed by atoms with Crippen LogP contribution in [0, 0.1) is 0 Å². The van der Waals surface area contributed by atoms with Crippen molar-refractivity contribution >= 4 is 31.4 Å². The predicted octanol–water partition coefficient (Wildman–Crippen LogP) is 3.85. The van der Waals surface area contributed by atoms with Crippen LogP contribution in [0.25, 0.3) is 21.3 Å². The van der Waals surface area contributed by atoms with Crippen molar-refractivity contribution in [3.05, 3.63) is 70.0 Å². The number of thiophene rings is 1. The minimum absolute atomic E-state index is 0.0482. The van der Waals surface area contributed by atoms with Gasteiger partial charge >= 0.3 is 6.18 Å². The lowest BCUT2D eigenvalue weighted by atomic mass is 9.87. The third-order valence-corrected chi connectivity index (χ3v) is 11.1. The van der Waals surface area contributed by atoms with Gasteiger partial charge in [0.2, 0.25) is 22.4 Å². The number of aromatic nitrogens is 3. The number of sulfonamides is 1. The smallest absolute Gasteiger partial charge is 0.391 e. The van der Waals surface area contributed by atoms with Gasteiger partial charge < -0.3 is 15.1 Å². The Balaban J connectivity index is 1.17. The van der Waals surface area contributed by atoms with Gasteiger partial charge in [0.15, 0.2) is 0 Å². The van der Waals surface area contributed by atoms with Crippen molar-refractivity contribution in [1.82, 2.24) is 19.0 Å². The standard InChI is InChI=1S/C30H34F4N5O4S2/c1-45(42,43)38-13-9-25-24(16-38)29(20-2-4-21(5-3-20)30(31,32)33)35-39(25)15-22(41)14-36-10-6-19(7-11-36)28-23-8-12-37(34)17-26(23)44-27(28)18-40/h2-5,8,12,17,19,22,40-41H,6-7,9-11,13-16,18H2,1H3/q+1. The molecular formula is C30H34F4N5O4S2+. The van der Waals surface area contributed by atoms with E-state index >= 15 is 0 Å². The summed E-state index contributed by atoms with van der Waals surface area (Å²) in [5.41, 5.74) is 2.51. The van der Waals surface area contributed by atoms with Crippen molar-refractivity contribution in [2.45, 2.75) is 57.2 Å². The molecule has 242 valence electrons. The Morgan fingerprint density at radius 2 is 1.82 bits per heavy atom. The molecule has 3 aromatic heterocycles. The predicted molar refractivity (Wildman–Crippen MR) is 160 cm³/mol. The van der Waals surface area contributed by atoms with E-state index in [2.05, 4.69) is 10.00 Å². The highest BCUT2D eigenvalue weighted by molar-refractivity contribution is 7.88. The number of rotatable bonds is 8. The number of hydrogen-bond donors (Lipinski definition) is 2. The van der Waals surface area contributed by atoms with Crippen LogP contribution in [0.1, 0.15) is 46.0 Å². The van der Waals surface area contributed by atoms with Crippen LogP contribution in [0.2, 0.25) is 0 Å². The number of piperidine rings is 1. The molecule has 1 saturated heterocycles. The average Bonchev–Trinajstić information content (AvgIpc) is 3.54. The summed E-state index contributed by atoms with van der Waals surface area (Å²) >= 11 is 1.40. The number of halogens is 4. The van der Waals surface area contributed by atoms with Gasteiger partial charge in [0.25, 0.3) is 0 Å². The summed E-state index contributed by atoms with van der Waals surface area (Å²) in [6.45, 7) is 2.15. The van der Waals surface area contributed by atoms with Gasteiger partial charge in [-0.05, 0) is 49.5 Å². The number of pyridine rings is 1. The monoisotopic (exact) mass is 668 g/mol. The molecule has 1 atom stereocenters. The van der Waals surface area contributed by atoms with Crippen molar-refractivity contribution in [3.8, 4) is 11.3 Å². The number of alkyl halides is 3. The summed E-state index contributed by atoms with van der Waals surface area (Å²) in [6.07, 6.45) is 0.605. The quantitative estimate of drug-likeness (QED) is 0.277. The normalized spacial score (nSPS) is 18.0. The van der Waals surface area contributed by atoms with Crippen molar-refractivity contribution in [2.24, 2.45) is 0 Å². The topological polar surface area (TPSA) is 103 Å². The number of nitrogens with zero attached hydrogens (tertiary/aromatic N) is 5. The molecule has 4 aromatic rings. The van der Waals surface area contributed by atoms with E-state index in [9.17, 15) is 36.3 Å². The molecule has 0 aliphatic carbocycles. The van der Waals surface area contributed by atoms with Gasteiger partial charge in [-0.3, -0.25) is 4.68 Å². The molecule has 1 unspecified atom stereocenters. The molecule has 1 fully saturated rings. The lowest BCUT2D eigenvalue weighted by Gasteiger charge is -2.33. The molecule has 2 aliphatic rings. The first kappa shape index (κ1) is 32.0. The highest BCUT2D eigenvalue weighted by atomic mass is 32.2. The zero-order valence-corrected chi connectivity index (χ0v) is 26.2. The van der Waals surface area contributed by atoms with Crippen LogP contribution < -0.4 is 4.79 Å². The first-order valence-corrected chi connectivity index (χ1v) is 17.3. The fraction of sp³-hybridized carbons (Fsp3) is 0.467. The molecule has 6 rings (SSSR count). The molecular weight excluding hydrogens is 634 g/mol. The second-order valence-corrected chi connectivity index (χ2v) is 14.9. The van der Waals surface area contributed by atoms with Crippen LogP contribution in [0.3, 0.4) is 0 Å². The Morgan fingerprint density at radius 1 is 1.11 bits per heavy atom. The molecule has 45 heavy (non-hydrogen) atoms. The van der Waals surface area contributed by atoms with E-state index in [-0.39, 0.29) is 32.2 Å². The van der Waals surface area contributed by atoms with E-state index in [0.29, 0.717) is 34.6 Å². The number of β-amino-alcohol motifs (C(OH)–C–C–N with tert-alkyl or cyclic N) is 1. The fourth-order valence-electron chi connectivity index (χ4n) is 6.57. The third-order valence-electron chi connectivity index (χ3n) is 8.76. The summed E-state index contributed by atoms with van der Waals surface area (Å²) in [6, 6.07) is 6.38. The highest BCUT2D eigenvalue weighted by Crippen LogP contribution is 2.40. The van der Waals surface area contributed by atoms with Gasteiger partial charge in [0.05, 0.1) is 41.3 Å². The maximum Gasteiger partial charge on any atom is 0.416 e. The minimum Gasteiger partial charge on any atom is -0.391 e. The van der Waals surface area contributed by atoms with Gasteiger partial charge in [-0.25, -0.2) is 8.42 Å². The first-order chi connectivity index (χ1) is 21.3. The third kappa shape index (κ3) is 6.65. The van der Waals surface area contributed by atoms with Gasteiger partial charge in [0.1, 0.15) is 4.70 Å². The molecule has 15 heteroatoms. The Labute approximate surface area is 261 Å². The Hall–Kier alpha value is -2.95. The number of fused-ring (bicyclic) bond motifs is 2. The van der Waals surface area contributed by atoms with E-state index in [1.807, 2.05) is 0 Å². The van der Waals surface area contributed by atoms with E-state index < -0.39 is 27.9 Å². The number of aliphatic hydroxyl groups excluding tert-OH is 2. The Bertz CT molecular complexity index is 1800. The van der Waals surface area contributed by atoms with Crippen molar-refractivity contribution in [1.29, 1.82) is 0 Å². The van der Waals surface area contributed by atoms with E-state index in [1.165, 1.54) is 40.2 Å². The van der Waals surface area contributed by atoms with Gasteiger partial charge in [-0.1, -0.05) is 12.1 Å². The number of likely N-dealkylation sites (tertiary alicyclic amines) is 1. The van der Waals surface area contributed by atoms with E-state index in [0.717, 1.165) is 70.5 Å². The van der Waals surface area contributed by atoms with Gasteiger partial charge in [-0.2, -0.15) is 22.6 Å².